The van der Waals surface area contributed by atoms with Gasteiger partial charge in [-0.3, -0.25) is 0 Å². The zero-order chi connectivity index (χ0) is 24.4. The first-order valence-electron chi connectivity index (χ1n) is 10.9. The van der Waals surface area contributed by atoms with Crippen LogP contribution in [-0.2, 0) is 23.9 Å². The average molecular weight is 565 g/mol. The maximum atomic E-state index is 14.2. The first-order valence-corrected chi connectivity index (χ1v) is 14.1. The topological polar surface area (TPSA) is 104 Å². The van der Waals surface area contributed by atoms with Crippen LogP contribution in [0.25, 0.3) is 10.9 Å². The van der Waals surface area contributed by atoms with Crippen LogP contribution in [0.3, 0.4) is 0 Å². The van der Waals surface area contributed by atoms with E-state index in [0.717, 1.165) is 0 Å². The summed E-state index contributed by atoms with van der Waals surface area (Å²) in [4.78, 5) is 8.73. The summed E-state index contributed by atoms with van der Waals surface area (Å²) in [5.41, 5.74) is 1.20. The summed E-state index contributed by atoms with van der Waals surface area (Å²) in [5, 5.41) is 3.94. The van der Waals surface area contributed by atoms with Crippen molar-refractivity contribution in [3.63, 3.8) is 0 Å². The van der Waals surface area contributed by atoms with Crippen LogP contribution in [0.5, 0.6) is 5.75 Å². The van der Waals surface area contributed by atoms with E-state index in [4.69, 9.17) is 18.9 Å². The fraction of sp³-hybridized carbons (Fsp3) is 0.391. The zero-order valence-electron chi connectivity index (χ0n) is 18.9. The standard InChI is InChI=1S/C23H22BrFN4O5S/c1-35(2,30)29-13-6-14(24)20-16(7-13)26-11-27-22(20)28-15-4-3-12(25)5-17(15)34-18-8-33-23-10-32-19(23)9-31-21(18)23/h3-7,11,18-19,21H,8-10H2,1-2H3,(H,26,27,28)/t18-,19-,21-,23-/m1/s1. The van der Waals surface area contributed by atoms with Gasteiger partial charge in [0, 0.05) is 32.8 Å². The quantitative estimate of drug-likeness (QED) is 0.496. The Hall–Kier alpha value is -2.38. The van der Waals surface area contributed by atoms with Crippen LogP contribution in [-0.4, -0.2) is 70.4 Å². The molecule has 3 aliphatic rings. The molecule has 1 aromatic heterocycles. The molecule has 6 rings (SSSR count). The van der Waals surface area contributed by atoms with Crippen molar-refractivity contribution in [1.29, 1.82) is 0 Å². The normalized spacial score (nSPS) is 27.3. The fourth-order valence-corrected chi connectivity index (χ4v) is 5.97. The van der Waals surface area contributed by atoms with Crippen molar-refractivity contribution < 1.29 is 27.5 Å². The fourth-order valence-electron chi connectivity index (χ4n) is 4.73. The van der Waals surface area contributed by atoms with Gasteiger partial charge in [-0.1, -0.05) is 0 Å². The number of nitrogens with one attached hydrogen (secondary N) is 1. The van der Waals surface area contributed by atoms with E-state index in [-0.39, 0.29) is 12.2 Å². The summed E-state index contributed by atoms with van der Waals surface area (Å²) in [6.07, 6.45) is 3.79. The molecule has 2 aromatic carbocycles. The number of hydrogen-bond acceptors (Lipinski definition) is 9. The van der Waals surface area contributed by atoms with Crippen LogP contribution >= 0.6 is 15.9 Å². The first-order chi connectivity index (χ1) is 16.7. The zero-order valence-corrected chi connectivity index (χ0v) is 21.3. The van der Waals surface area contributed by atoms with Gasteiger partial charge in [0.25, 0.3) is 0 Å². The van der Waals surface area contributed by atoms with Gasteiger partial charge in [0.15, 0.2) is 6.10 Å². The molecule has 3 fully saturated rings. The Bertz CT molecular complexity index is 1460. The number of rotatable bonds is 5. The minimum atomic E-state index is -2.34. The molecule has 0 amide bonds. The van der Waals surface area contributed by atoms with Crippen molar-refractivity contribution >= 4 is 53.8 Å². The Morgan fingerprint density at radius 1 is 1.23 bits per heavy atom. The van der Waals surface area contributed by atoms with E-state index in [9.17, 15) is 8.60 Å². The summed E-state index contributed by atoms with van der Waals surface area (Å²) >= 11 is 3.56. The Morgan fingerprint density at radius 3 is 2.86 bits per heavy atom. The van der Waals surface area contributed by atoms with Crippen LogP contribution in [0.15, 0.2) is 45.5 Å². The summed E-state index contributed by atoms with van der Waals surface area (Å²) in [6, 6.07) is 7.76. The minimum absolute atomic E-state index is 0.0821. The van der Waals surface area contributed by atoms with Crippen molar-refractivity contribution in [2.75, 3.05) is 37.6 Å². The smallest absolute Gasteiger partial charge is 0.151 e. The molecule has 3 saturated heterocycles. The van der Waals surface area contributed by atoms with E-state index in [0.29, 0.717) is 58.1 Å². The van der Waals surface area contributed by atoms with Crippen LogP contribution < -0.4 is 10.1 Å². The molecule has 35 heavy (non-hydrogen) atoms. The van der Waals surface area contributed by atoms with Crippen molar-refractivity contribution in [1.82, 2.24) is 9.97 Å². The van der Waals surface area contributed by atoms with Gasteiger partial charge >= 0.3 is 0 Å². The number of fused-ring (bicyclic) bond motifs is 1. The second-order valence-corrected chi connectivity index (χ2v) is 12.5. The first kappa shape index (κ1) is 23.0. The monoisotopic (exact) mass is 564 g/mol. The van der Waals surface area contributed by atoms with E-state index >= 15 is 0 Å². The molecule has 1 N–H and O–H groups in total. The molecule has 0 aliphatic carbocycles. The number of aromatic nitrogens is 2. The van der Waals surface area contributed by atoms with Gasteiger partial charge in [-0.05, 0) is 40.2 Å². The van der Waals surface area contributed by atoms with Gasteiger partial charge in [-0.2, -0.15) is 4.36 Å². The second-order valence-electron chi connectivity index (χ2n) is 9.06. The Morgan fingerprint density at radius 2 is 2.09 bits per heavy atom. The predicted octanol–water partition coefficient (Wildman–Crippen LogP) is 3.95. The molecule has 9 nitrogen and oxygen atoms in total. The number of hydrogen-bond donors (Lipinski definition) is 1. The Kier molecular flexibility index (Phi) is 5.49. The third-order valence-corrected chi connectivity index (χ3v) is 7.57. The largest absolute Gasteiger partial charge is 0.483 e. The second kappa shape index (κ2) is 8.34. The Balaban J connectivity index is 1.33. The highest BCUT2D eigenvalue weighted by atomic mass is 79.9. The highest BCUT2D eigenvalue weighted by Crippen LogP contribution is 2.47. The number of ether oxygens (including phenoxy) is 4. The molecule has 0 bridgehead atoms. The summed E-state index contributed by atoms with van der Waals surface area (Å²) in [7, 11) is -2.34. The van der Waals surface area contributed by atoms with Crippen LogP contribution in [0.4, 0.5) is 21.6 Å². The summed E-state index contributed by atoms with van der Waals surface area (Å²) in [6.45, 7) is 1.25. The average Bonchev–Trinajstić information content (AvgIpc) is 3.25. The van der Waals surface area contributed by atoms with E-state index < -0.39 is 27.3 Å². The predicted molar refractivity (Wildman–Crippen MR) is 132 cm³/mol. The van der Waals surface area contributed by atoms with Gasteiger partial charge in [0.05, 0.1) is 42.1 Å². The minimum Gasteiger partial charge on any atom is -0.483 e. The van der Waals surface area contributed by atoms with Crippen molar-refractivity contribution in [2.24, 2.45) is 4.36 Å². The van der Waals surface area contributed by atoms with Crippen LogP contribution in [0.1, 0.15) is 0 Å². The molecule has 1 spiro atoms. The maximum absolute atomic E-state index is 14.2. The Labute approximate surface area is 209 Å². The summed E-state index contributed by atoms with van der Waals surface area (Å²) in [5.74, 6) is 0.371. The van der Waals surface area contributed by atoms with E-state index in [1.165, 1.54) is 18.5 Å². The van der Waals surface area contributed by atoms with E-state index in [1.54, 1.807) is 30.7 Å². The lowest BCUT2D eigenvalue weighted by molar-refractivity contribution is -0.224. The van der Waals surface area contributed by atoms with Crippen molar-refractivity contribution in [3.05, 3.63) is 46.9 Å². The molecular weight excluding hydrogens is 543 g/mol. The van der Waals surface area contributed by atoms with E-state index in [1.807, 2.05) is 0 Å². The number of anilines is 2. The molecule has 184 valence electrons. The van der Waals surface area contributed by atoms with Crippen LogP contribution in [0, 0.1) is 5.82 Å². The lowest BCUT2D eigenvalue weighted by Gasteiger charge is -2.41. The van der Waals surface area contributed by atoms with Gasteiger partial charge in [-0.15, -0.1) is 0 Å². The van der Waals surface area contributed by atoms with Crippen molar-refractivity contribution in [3.8, 4) is 5.75 Å². The highest BCUT2D eigenvalue weighted by Gasteiger charge is 2.67. The SMILES string of the molecule is CS(C)(=O)=Nc1cc(Br)c2c(Nc3ccc(F)cc3O[C@@H]3CO[C@]45CO[C@@H]4CO[C@H]35)ncnc2c1. The number of nitrogens with zero attached hydrogens (tertiary/aromatic N) is 3. The third-order valence-electron chi connectivity index (χ3n) is 6.29. The maximum Gasteiger partial charge on any atom is 0.151 e. The summed E-state index contributed by atoms with van der Waals surface area (Å²) < 4.78 is 55.0. The van der Waals surface area contributed by atoms with Gasteiger partial charge in [-0.25, -0.2) is 18.6 Å². The van der Waals surface area contributed by atoms with Gasteiger partial charge < -0.3 is 24.3 Å². The molecule has 0 radical (unpaired) electrons. The van der Waals surface area contributed by atoms with Gasteiger partial charge in [0.1, 0.15) is 41.5 Å². The van der Waals surface area contributed by atoms with E-state index in [2.05, 4.69) is 35.6 Å². The van der Waals surface area contributed by atoms with Crippen molar-refractivity contribution in [2.45, 2.75) is 23.9 Å². The highest BCUT2D eigenvalue weighted by molar-refractivity contribution is 9.10. The molecule has 0 unspecified atom stereocenters. The van der Waals surface area contributed by atoms with Gasteiger partial charge in [0.2, 0.25) is 0 Å². The third kappa shape index (κ3) is 4.06. The molecule has 4 heterocycles. The molecular formula is C23H22BrFN4O5S. The molecule has 3 aliphatic heterocycles. The molecule has 0 saturated carbocycles. The molecule has 3 aromatic rings. The lowest BCUT2D eigenvalue weighted by atomic mass is 9.89. The lowest BCUT2D eigenvalue weighted by Crippen LogP contribution is -2.61. The number of benzene rings is 2. The molecule has 12 heteroatoms. The van der Waals surface area contributed by atoms with Crippen LogP contribution in [0.2, 0.25) is 0 Å². The molecule has 4 atom stereocenters. The number of halogens is 2.